The van der Waals surface area contributed by atoms with Crippen molar-refractivity contribution in [3.8, 4) is 5.75 Å². The fourth-order valence-electron chi connectivity index (χ4n) is 1.92. The first-order chi connectivity index (χ1) is 9.85. The average Bonchev–Trinajstić information content (AvgIpc) is 2.45. The number of amides is 1. The summed E-state index contributed by atoms with van der Waals surface area (Å²) in [5, 5.41) is 20.8. The van der Waals surface area contributed by atoms with Crippen LogP contribution in [-0.2, 0) is 16.0 Å². The molecule has 0 heterocycles. The highest BCUT2D eigenvalue weighted by Gasteiger charge is 2.27. The summed E-state index contributed by atoms with van der Waals surface area (Å²) in [6, 6.07) is 4.60. The fraction of sp³-hybridized carbons (Fsp3) is 0.467. The summed E-state index contributed by atoms with van der Waals surface area (Å²) in [7, 11) is 0. The van der Waals surface area contributed by atoms with Gasteiger partial charge in [-0.25, -0.2) is 4.79 Å². The van der Waals surface area contributed by atoms with Gasteiger partial charge in [0, 0.05) is 0 Å². The van der Waals surface area contributed by atoms with E-state index in [1.165, 1.54) is 12.1 Å². The second-order valence-electron chi connectivity index (χ2n) is 5.19. The van der Waals surface area contributed by atoms with Crippen LogP contribution in [0, 0.1) is 5.92 Å². The SMILES string of the molecule is CC[C@H](C)[C@H](NC(=O)[C@@H](N)Cc1ccc(O)cc1)C(=O)O. The molecule has 21 heavy (non-hydrogen) atoms. The lowest BCUT2D eigenvalue weighted by atomic mass is 9.98. The minimum atomic E-state index is -1.06. The number of nitrogens with two attached hydrogens (primary N) is 1. The molecule has 0 unspecified atom stereocenters. The van der Waals surface area contributed by atoms with Gasteiger partial charge in [-0.05, 0) is 30.0 Å². The van der Waals surface area contributed by atoms with Crippen molar-refractivity contribution in [2.75, 3.05) is 0 Å². The maximum Gasteiger partial charge on any atom is 0.326 e. The van der Waals surface area contributed by atoms with Crippen LogP contribution in [-0.4, -0.2) is 34.2 Å². The van der Waals surface area contributed by atoms with Gasteiger partial charge in [0.25, 0.3) is 0 Å². The zero-order valence-corrected chi connectivity index (χ0v) is 12.2. The predicted molar refractivity (Wildman–Crippen MR) is 78.8 cm³/mol. The number of hydrogen-bond acceptors (Lipinski definition) is 4. The summed E-state index contributed by atoms with van der Waals surface area (Å²) < 4.78 is 0. The van der Waals surface area contributed by atoms with Crippen molar-refractivity contribution < 1.29 is 19.8 Å². The van der Waals surface area contributed by atoms with Crippen LogP contribution < -0.4 is 11.1 Å². The van der Waals surface area contributed by atoms with Gasteiger partial charge in [0.1, 0.15) is 11.8 Å². The molecule has 0 aliphatic rings. The highest BCUT2D eigenvalue weighted by molar-refractivity contribution is 5.87. The second kappa shape index (κ2) is 7.64. The number of phenols is 1. The van der Waals surface area contributed by atoms with Crippen molar-refractivity contribution in [3.63, 3.8) is 0 Å². The first kappa shape index (κ1) is 17.0. The van der Waals surface area contributed by atoms with Crippen LogP contribution in [0.5, 0.6) is 5.75 Å². The Morgan fingerprint density at radius 3 is 2.33 bits per heavy atom. The Kier molecular flexibility index (Phi) is 6.17. The van der Waals surface area contributed by atoms with Crippen LogP contribution in [0.15, 0.2) is 24.3 Å². The molecule has 0 saturated carbocycles. The third-order valence-electron chi connectivity index (χ3n) is 3.51. The third kappa shape index (κ3) is 5.07. The quantitative estimate of drug-likeness (QED) is 0.596. The Bertz CT molecular complexity index is 487. The van der Waals surface area contributed by atoms with Gasteiger partial charge in [-0.2, -0.15) is 0 Å². The second-order valence-corrected chi connectivity index (χ2v) is 5.19. The Labute approximate surface area is 124 Å². The van der Waals surface area contributed by atoms with E-state index in [4.69, 9.17) is 10.8 Å². The van der Waals surface area contributed by atoms with Crippen molar-refractivity contribution in [1.29, 1.82) is 0 Å². The summed E-state index contributed by atoms with van der Waals surface area (Å²) in [6.07, 6.45) is 0.920. The van der Waals surface area contributed by atoms with E-state index in [9.17, 15) is 14.7 Å². The molecule has 6 heteroatoms. The van der Waals surface area contributed by atoms with Crippen molar-refractivity contribution in [3.05, 3.63) is 29.8 Å². The molecule has 0 aromatic heterocycles. The lowest BCUT2D eigenvalue weighted by Gasteiger charge is -2.22. The molecule has 5 N–H and O–H groups in total. The summed E-state index contributed by atoms with van der Waals surface area (Å²) in [5.41, 5.74) is 6.61. The molecular weight excluding hydrogens is 272 g/mol. The van der Waals surface area contributed by atoms with Gasteiger partial charge in [0.15, 0.2) is 0 Å². The molecule has 0 bridgehead atoms. The topological polar surface area (TPSA) is 113 Å². The number of nitrogens with one attached hydrogen (secondary N) is 1. The van der Waals surface area contributed by atoms with E-state index in [-0.39, 0.29) is 18.1 Å². The molecule has 1 aromatic rings. The lowest BCUT2D eigenvalue weighted by molar-refractivity contribution is -0.143. The number of aliphatic carboxylic acids is 1. The van der Waals surface area contributed by atoms with Gasteiger partial charge in [0.05, 0.1) is 6.04 Å². The molecular formula is C15H22N2O4. The van der Waals surface area contributed by atoms with E-state index in [1.807, 2.05) is 6.92 Å². The van der Waals surface area contributed by atoms with Crippen LogP contribution in [0.4, 0.5) is 0 Å². The largest absolute Gasteiger partial charge is 0.508 e. The molecule has 3 atom stereocenters. The zero-order chi connectivity index (χ0) is 16.0. The normalized spacial score (nSPS) is 15.0. The van der Waals surface area contributed by atoms with Gasteiger partial charge in [-0.1, -0.05) is 32.4 Å². The smallest absolute Gasteiger partial charge is 0.326 e. The number of phenolic OH excluding ortho intramolecular Hbond substituents is 1. The number of benzene rings is 1. The molecule has 0 fully saturated rings. The molecule has 0 spiro atoms. The van der Waals surface area contributed by atoms with Crippen molar-refractivity contribution >= 4 is 11.9 Å². The van der Waals surface area contributed by atoms with Crippen molar-refractivity contribution in [2.45, 2.75) is 38.8 Å². The van der Waals surface area contributed by atoms with Crippen molar-refractivity contribution in [1.82, 2.24) is 5.32 Å². The highest BCUT2D eigenvalue weighted by atomic mass is 16.4. The van der Waals surface area contributed by atoms with Crippen LogP contribution in [0.2, 0.25) is 0 Å². The Hall–Kier alpha value is -2.08. The maximum absolute atomic E-state index is 12.0. The third-order valence-corrected chi connectivity index (χ3v) is 3.51. The summed E-state index contributed by atoms with van der Waals surface area (Å²) in [6.45, 7) is 3.63. The molecule has 1 aromatic carbocycles. The number of rotatable bonds is 7. The van der Waals surface area contributed by atoms with E-state index in [2.05, 4.69) is 5.32 Å². The van der Waals surface area contributed by atoms with E-state index in [0.29, 0.717) is 6.42 Å². The van der Waals surface area contributed by atoms with E-state index in [0.717, 1.165) is 5.56 Å². The first-order valence-electron chi connectivity index (χ1n) is 6.91. The van der Waals surface area contributed by atoms with Gasteiger partial charge in [-0.3, -0.25) is 4.79 Å². The molecule has 116 valence electrons. The highest BCUT2D eigenvalue weighted by Crippen LogP contribution is 2.12. The van der Waals surface area contributed by atoms with E-state index >= 15 is 0 Å². The van der Waals surface area contributed by atoms with Crippen LogP contribution in [0.3, 0.4) is 0 Å². The number of hydrogen-bond donors (Lipinski definition) is 4. The van der Waals surface area contributed by atoms with Gasteiger partial charge < -0.3 is 21.3 Å². The first-order valence-corrected chi connectivity index (χ1v) is 6.91. The molecule has 0 saturated heterocycles. The van der Waals surface area contributed by atoms with E-state index < -0.39 is 24.0 Å². The number of carboxylic acid groups (broad SMARTS) is 1. The summed E-state index contributed by atoms with van der Waals surface area (Å²) in [4.78, 5) is 23.2. The Balaban J connectivity index is 2.64. The van der Waals surface area contributed by atoms with Crippen molar-refractivity contribution in [2.24, 2.45) is 11.7 Å². The minimum Gasteiger partial charge on any atom is -0.508 e. The van der Waals surface area contributed by atoms with Crippen LogP contribution >= 0.6 is 0 Å². The molecule has 0 aliphatic carbocycles. The van der Waals surface area contributed by atoms with Gasteiger partial charge >= 0.3 is 5.97 Å². The minimum absolute atomic E-state index is 0.138. The zero-order valence-electron chi connectivity index (χ0n) is 12.2. The van der Waals surface area contributed by atoms with Gasteiger partial charge in [-0.15, -0.1) is 0 Å². The number of carboxylic acids is 1. The molecule has 1 rings (SSSR count). The molecule has 1 amide bonds. The number of carbonyl (C=O) groups is 2. The molecule has 0 radical (unpaired) electrons. The standard InChI is InChI=1S/C15H22N2O4/c1-3-9(2)13(15(20)21)17-14(19)12(16)8-10-4-6-11(18)7-5-10/h4-7,9,12-13,18H,3,8,16H2,1-2H3,(H,17,19)(H,20,21)/t9-,12-,13-/m0/s1. The summed E-state index contributed by atoms with van der Waals surface area (Å²) in [5.74, 6) is -1.59. The summed E-state index contributed by atoms with van der Waals surface area (Å²) >= 11 is 0. The van der Waals surface area contributed by atoms with Crippen LogP contribution in [0.1, 0.15) is 25.8 Å². The monoisotopic (exact) mass is 294 g/mol. The van der Waals surface area contributed by atoms with Crippen LogP contribution in [0.25, 0.3) is 0 Å². The molecule has 6 nitrogen and oxygen atoms in total. The molecule has 0 aliphatic heterocycles. The van der Waals surface area contributed by atoms with Gasteiger partial charge in [0.2, 0.25) is 5.91 Å². The van der Waals surface area contributed by atoms with E-state index in [1.54, 1.807) is 19.1 Å². The fourth-order valence-corrected chi connectivity index (χ4v) is 1.92. The predicted octanol–water partition coefficient (Wildman–Crippen LogP) is 0.877. The lowest BCUT2D eigenvalue weighted by Crippen LogP contribution is -2.51. The average molecular weight is 294 g/mol. The Morgan fingerprint density at radius 1 is 1.29 bits per heavy atom. The maximum atomic E-state index is 12.0. The number of aromatic hydroxyl groups is 1. The Morgan fingerprint density at radius 2 is 1.86 bits per heavy atom. The number of carbonyl (C=O) groups excluding carboxylic acids is 1.